The fourth-order valence-corrected chi connectivity index (χ4v) is 6.05. The molecule has 3 aliphatic rings. The second-order valence-electron chi connectivity index (χ2n) is 10.4. The van der Waals surface area contributed by atoms with Crippen molar-refractivity contribution < 1.29 is 9.59 Å². The van der Waals surface area contributed by atoms with Crippen LogP contribution >= 0.6 is 0 Å². The number of nitrogens with one attached hydrogen (secondary N) is 2. The van der Waals surface area contributed by atoms with Crippen LogP contribution in [0.3, 0.4) is 0 Å². The van der Waals surface area contributed by atoms with E-state index in [9.17, 15) is 9.59 Å². The molecule has 2 saturated heterocycles. The smallest absolute Gasteiger partial charge is 0.245 e. The van der Waals surface area contributed by atoms with Crippen molar-refractivity contribution in [2.24, 2.45) is 11.8 Å². The molecule has 0 radical (unpaired) electrons. The summed E-state index contributed by atoms with van der Waals surface area (Å²) in [6.07, 6.45) is 8.95. The zero-order chi connectivity index (χ0) is 23.2. The first kappa shape index (κ1) is 24.2. The maximum atomic E-state index is 13.9. The van der Waals surface area contributed by atoms with Gasteiger partial charge in [0, 0.05) is 25.7 Å². The Bertz CT molecular complexity index is 780. The molecule has 182 valence electrons. The van der Waals surface area contributed by atoms with Gasteiger partial charge in [-0.2, -0.15) is 0 Å². The zero-order valence-corrected chi connectivity index (χ0v) is 20.5. The molecule has 33 heavy (non-hydrogen) atoms. The SMILES string of the molecule is CN[C@H](C)C(=O)N[C@@H](C(=O)N1CCC2CCN(CCc3ccccc3)CC21)C1CCCCC1. The van der Waals surface area contributed by atoms with Crippen molar-refractivity contribution in [2.75, 3.05) is 33.2 Å². The van der Waals surface area contributed by atoms with Gasteiger partial charge < -0.3 is 20.4 Å². The zero-order valence-electron chi connectivity index (χ0n) is 20.5. The highest BCUT2D eigenvalue weighted by atomic mass is 16.2. The van der Waals surface area contributed by atoms with Crippen molar-refractivity contribution in [1.29, 1.82) is 0 Å². The van der Waals surface area contributed by atoms with Crippen molar-refractivity contribution >= 4 is 11.8 Å². The van der Waals surface area contributed by atoms with Crippen LogP contribution in [0.2, 0.25) is 0 Å². The van der Waals surface area contributed by atoms with Crippen molar-refractivity contribution in [3.8, 4) is 0 Å². The summed E-state index contributed by atoms with van der Waals surface area (Å²) < 4.78 is 0. The molecular formula is C27H42N4O2. The second-order valence-corrected chi connectivity index (χ2v) is 10.4. The number of hydrogen-bond donors (Lipinski definition) is 2. The Hall–Kier alpha value is -1.92. The van der Waals surface area contributed by atoms with Crippen LogP contribution in [-0.2, 0) is 16.0 Å². The van der Waals surface area contributed by atoms with Gasteiger partial charge in [-0.3, -0.25) is 9.59 Å². The number of piperidine rings is 1. The van der Waals surface area contributed by atoms with E-state index in [1.165, 1.54) is 18.4 Å². The minimum atomic E-state index is -0.382. The monoisotopic (exact) mass is 454 g/mol. The third-order valence-corrected chi connectivity index (χ3v) is 8.30. The van der Waals surface area contributed by atoms with E-state index in [0.29, 0.717) is 5.92 Å². The van der Waals surface area contributed by atoms with Gasteiger partial charge in [0.05, 0.1) is 6.04 Å². The molecule has 2 amide bonds. The third-order valence-electron chi connectivity index (χ3n) is 8.30. The number of nitrogens with zero attached hydrogens (tertiary/aromatic N) is 2. The first-order valence-electron chi connectivity index (χ1n) is 13.1. The summed E-state index contributed by atoms with van der Waals surface area (Å²) in [5.74, 6) is 0.957. The predicted octanol–water partition coefficient (Wildman–Crippen LogP) is 2.82. The molecule has 0 bridgehead atoms. The Kier molecular flexibility index (Phi) is 8.42. The summed E-state index contributed by atoms with van der Waals surface area (Å²) in [6.45, 7) is 5.81. The molecule has 0 aromatic heterocycles. The Labute approximate surface area is 199 Å². The van der Waals surface area contributed by atoms with Gasteiger partial charge in [-0.15, -0.1) is 0 Å². The van der Waals surface area contributed by atoms with Crippen LogP contribution < -0.4 is 10.6 Å². The van der Waals surface area contributed by atoms with Crippen LogP contribution in [0, 0.1) is 11.8 Å². The number of benzene rings is 1. The lowest BCUT2D eigenvalue weighted by Gasteiger charge is -2.41. The van der Waals surface area contributed by atoms with E-state index in [1.54, 1.807) is 7.05 Å². The lowest BCUT2D eigenvalue weighted by Crippen LogP contribution is -2.58. The third kappa shape index (κ3) is 5.96. The normalized spacial score (nSPS) is 25.9. The lowest BCUT2D eigenvalue weighted by molar-refractivity contribution is -0.140. The minimum absolute atomic E-state index is 0.0645. The fourth-order valence-electron chi connectivity index (χ4n) is 6.05. The van der Waals surface area contributed by atoms with E-state index < -0.39 is 0 Å². The van der Waals surface area contributed by atoms with Crippen molar-refractivity contribution in [1.82, 2.24) is 20.4 Å². The molecule has 1 saturated carbocycles. The van der Waals surface area contributed by atoms with E-state index in [0.717, 1.165) is 64.7 Å². The fraction of sp³-hybridized carbons (Fsp3) is 0.704. The van der Waals surface area contributed by atoms with Gasteiger partial charge in [-0.1, -0.05) is 49.6 Å². The minimum Gasteiger partial charge on any atom is -0.343 e. The van der Waals surface area contributed by atoms with E-state index >= 15 is 0 Å². The highest BCUT2D eigenvalue weighted by molar-refractivity contribution is 5.90. The molecule has 1 aliphatic carbocycles. The highest BCUT2D eigenvalue weighted by Gasteiger charge is 2.44. The topological polar surface area (TPSA) is 64.7 Å². The molecule has 2 aliphatic heterocycles. The first-order valence-corrected chi connectivity index (χ1v) is 13.1. The standard InChI is InChI=1S/C27H42N4O2/c1-20(28-2)26(32)29-25(23-11-7-4-8-12-23)27(33)31-18-15-22-14-17-30(19-24(22)31)16-13-21-9-5-3-6-10-21/h3,5-6,9-10,20,22-25,28H,4,7-8,11-19H2,1-2H3,(H,29,32)/t20-,22?,24?,25-/m1/s1. The maximum absolute atomic E-state index is 13.9. The quantitative estimate of drug-likeness (QED) is 0.634. The van der Waals surface area contributed by atoms with Gasteiger partial charge in [-0.25, -0.2) is 0 Å². The summed E-state index contributed by atoms with van der Waals surface area (Å²) in [4.78, 5) is 31.3. The van der Waals surface area contributed by atoms with E-state index in [4.69, 9.17) is 0 Å². The van der Waals surface area contributed by atoms with Crippen LogP contribution in [-0.4, -0.2) is 73.0 Å². The number of fused-ring (bicyclic) bond motifs is 1. The number of likely N-dealkylation sites (N-methyl/N-ethyl adjacent to an activating group) is 1. The van der Waals surface area contributed by atoms with Crippen LogP contribution in [0.15, 0.2) is 30.3 Å². The van der Waals surface area contributed by atoms with E-state index in [1.807, 2.05) is 6.92 Å². The van der Waals surface area contributed by atoms with Crippen molar-refractivity contribution in [2.45, 2.75) is 76.4 Å². The van der Waals surface area contributed by atoms with Gasteiger partial charge in [0.2, 0.25) is 11.8 Å². The molecule has 4 atom stereocenters. The van der Waals surface area contributed by atoms with Crippen LogP contribution in [0.5, 0.6) is 0 Å². The largest absolute Gasteiger partial charge is 0.343 e. The number of rotatable bonds is 8. The highest BCUT2D eigenvalue weighted by Crippen LogP contribution is 2.34. The second kappa shape index (κ2) is 11.5. The van der Waals surface area contributed by atoms with Crippen molar-refractivity contribution in [3.05, 3.63) is 35.9 Å². The van der Waals surface area contributed by atoms with Crippen molar-refractivity contribution in [3.63, 3.8) is 0 Å². The number of carbonyl (C=O) groups excluding carboxylic acids is 2. The molecule has 2 heterocycles. The van der Waals surface area contributed by atoms with Gasteiger partial charge in [0.25, 0.3) is 0 Å². The molecule has 0 spiro atoms. The van der Waals surface area contributed by atoms with E-state index in [2.05, 4.69) is 50.8 Å². The van der Waals surface area contributed by atoms with Crippen LogP contribution in [0.4, 0.5) is 0 Å². The molecule has 6 heteroatoms. The first-order chi connectivity index (χ1) is 16.1. The summed E-state index contributed by atoms with van der Waals surface area (Å²) in [7, 11) is 1.79. The number of likely N-dealkylation sites (tertiary alicyclic amines) is 2. The van der Waals surface area contributed by atoms with Gasteiger partial charge in [-0.05, 0) is 70.0 Å². The molecular weight excluding hydrogens is 412 g/mol. The molecule has 2 unspecified atom stereocenters. The summed E-state index contributed by atoms with van der Waals surface area (Å²) in [5, 5.41) is 6.18. The maximum Gasteiger partial charge on any atom is 0.245 e. The molecule has 1 aromatic carbocycles. The number of hydrogen-bond acceptors (Lipinski definition) is 4. The average molecular weight is 455 g/mol. The molecule has 2 N–H and O–H groups in total. The Morgan fingerprint density at radius 3 is 2.48 bits per heavy atom. The average Bonchev–Trinajstić information content (AvgIpc) is 3.29. The van der Waals surface area contributed by atoms with Gasteiger partial charge in [0.1, 0.15) is 6.04 Å². The Morgan fingerprint density at radius 2 is 1.76 bits per heavy atom. The summed E-state index contributed by atoms with van der Waals surface area (Å²) >= 11 is 0. The number of carbonyl (C=O) groups is 2. The van der Waals surface area contributed by atoms with Gasteiger partial charge in [0.15, 0.2) is 0 Å². The predicted molar refractivity (Wildman–Crippen MR) is 132 cm³/mol. The summed E-state index contributed by atoms with van der Waals surface area (Å²) in [6, 6.07) is 10.3. The molecule has 3 fully saturated rings. The Balaban J connectivity index is 1.42. The van der Waals surface area contributed by atoms with Gasteiger partial charge >= 0.3 is 0 Å². The molecule has 4 rings (SSSR count). The lowest BCUT2D eigenvalue weighted by atomic mass is 9.83. The van der Waals surface area contributed by atoms with Crippen LogP contribution in [0.1, 0.15) is 57.4 Å². The number of amides is 2. The Morgan fingerprint density at radius 1 is 1.03 bits per heavy atom. The van der Waals surface area contributed by atoms with Crippen LogP contribution in [0.25, 0.3) is 0 Å². The molecule has 6 nitrogen and oxygen atoms in total. The van der Waals surface area contributed by atoms with E-state index in [-0.39, 0.29) is 35.9 Å². The summed E-state index contributed by atoms with van der Waals surface area (Å²) in [5.41, 5.74) is 1.37. The molecule has 1 aromatic rings.